The van der Waals surface area contributed by atoms with E-state index in [1.165, 1.54) is 0 Å². The molecule has 0 N–H and O–H groups in total. The minimum absolute atomic E-state index is 0.110. The number of benzene rings is 1. The maximum Gasteiger partial charge on any atom is 0.340 e. The van der Waals surface area contributed by atoms with Gasteiger partial charge < -0.3 is 9.15 Å². The first-order chi connectivity index (χ1) is 13.5. The number of fused-ring (bicyclic) bond motifs is 1. The SMILES string of the molecule is Cc1nc2c(cnn2C(C)C)cc1C(=O)OCc1nnc(-c2ccccc2)o1. The fraction of sp³-hybridized carbons (Fsp3) is 0.250. The highest BCUT2D eigenvalue weighted by atomic mass is 16.5. The molecule has 0 saturated carbocycles. The smallest absolute Gasteiger partial charge is 0.340 e. The van der Waals surface area contributed by atoms with Gasteiger partial charge in [-0.1, -0.05) is 18.2 Å². The summed E-state index contributed by atoms with van der Waals surface area (Å²) in [6.07, 6.45) is 1.70. The molecule has 28 heavy (non-hydrogen) atoms. The molecule has 142 valence electrons. The zero-order valence-electron chi connectivity index (χ0n) is 15.8. The van der Waals surface area contributed by atoms with Crippen molar-refractivity contribution in [1.29, 1.82) is 0 Å². The standard InChI is InChI=1S/C20H19N5O3/c1-12(2)25-18-15(10-21-25)9-16(13(3)22-18)20(26)27-11-17-23-24-19(28-17)14-7-5-4-6-8-14/h4-10,12H,11H2,1-3H3. The van der Waals surface area contributed by atoms with Crippen LogP contribution < -0.4 is 0 Å². The van der Waals surface area contributed by atoms with Crippen molar-refractivity contribution >= 4 is 17.0 Å². The predicted molar refractivity (Wildman–Crippen MR) is 102 cm³/mol. The normalized spacial score (nSPS) is 11.3. The van der Waals surface area contributed by atoms with E-state index in [0.717, 1.165) is 16.6 Å². The van der Waals surface area contributed by atoms with Crippen molar-refractivity contribution < 1.29 is 13.9 Å². The summed E-state index contributed by atoms with van der Waals surface area (Å²) in [4.78, 5) is 17.0. The number of hydrogen-bond donors (Lipinski definition) is 0. The van der Waals surface area contributed by atoms with E-state index in [9.17, 15) is 4.79 Å². The second kappa shape index (κ2) is 7.22. The van der Waals surface area contributed by atoms with Crippen LogP contribution in [0.4, 0.5) is 0 Å². The molecule has 3 heterocycles. The molecule has 0 radical (unpaired) electrons. The molecule has 4 aromatic rings. The topological polar surface area (TPSA) is 95.9 Å². The van der Waals surface area contributed by atoms with Crippen LogP contribution in [-0.2, 0) is 11.3 Å². The minimum Gasteiger partial charge on any atom is -0.452 e. The number of esters is 1. The highest BCUT2D eigenvalue weighted by Crippen LogP contribution is 2.21. The Bertz CT molecular complexity index is 1130. The van der Waals surface area contributed by atoms with Crippen molar-refractivity contribution in [1.82, 2.24) is 25.0 Å². The van der Waals surface area contributed by atoms with Gasteiger partial charge in [0.05, 0.1) is 17.5 Å². The van der Waals surface area contributed by atoms with Gasteiger partial charge in [-0.25, -0.2) is 14.5 Å². The van der Waals surface area contributed by atoms with Crippen molar-refractivity contribution in [2.75, 3.05) is 0 Å². The summed E-state index contributed by atoms with van der Waals surface area (Å²) in [5.74, 6) is 0.113. The summed E-state index contributed by atoms with van der Waals surface area (Å²) in [6, 6.07) is 11.3. The fourth-order valence-electron chi connectivity index (χ4n) is 2.86. The van der Waals surface area contributed by atoms with Crippen LogP contribution in [0.3, 0.4) is 0 Å². The molecule has 0 saturated heterocycles. The van der Waals surface area contributed by atoms with E-state index in [2.05, 4.69) is 20.3 Å². The predicted octanol–water partition coefficient (Wildman–Crippen LogP) is 3.73. The third-order valence-electron chi connectivity index (χ3n) is 4.28. The third kappa shape index (κ3) is 3.36. The number of aryl methyl sites for hydroxylation is 1. The summed E-state index contributed by atoms with van der Waals surface area (Å²) >= 11 is 0. The Morgan fingerprint density at radius 2 is 2.00 bits per heavy atom. The molecule has 0 aliphatic rings. The molecule has 8 nitrogen and oxygen atoms in total. The molecule has 0 aliphatic heterocycles. The molecule has 0 atom stereocenters. The van der Waals surface area contributed by atoms with Crippen LogP contribution in [0.25, 0.3) is 22.5 Å². The second-order valence-electron chi connectivity index (χ2n) is 6.66. The number of carbonyl (C=O) groups is 1. The first-order valence-corrected chi connectivity index (χ1v) is 8.92. The third-order valence-corrected chi connectivity index (χ3v) is 4.28. The Kier molecular flexibility index (Phi) is 4.60. The van der Waals surface area contributed by atoms with Gasteiger partial charge in [-0.2, -0.15) is 5.10 Å². The molecular weight excluding hydrogens is 358 g/mol. The quantitative estimate of drug-likeness (QED) is 0.489. The van der Waals surface area contributed by atoms with Crippen LogP contribution in [0, 0.1) is 6.92 Å². The lowest BCUT2D eigenvalue weighted by Gasteiger charge is -2.08. The molecule has 4 rings (SSSR count). The lowest BCUT2D eigenvalue weighted by molar-refractivity contribution is 0.0437. The van der Waals surface area contributed by atoms with Crippen molar-refractivity contribution in [2.24, 2.45) is 0 Å². The summed E-state index contributed by atoms with van der Waals surface area (Å²) in [6.45, 7) is 5.72. The first kappa shape index (κ1) is 17.8. The van der Waals surface area contributed by atoms with Gasteiger partial charge in [0.15, 0.2) is 12.3 Å². The van der Waals surface area contributed by atoms with E-state index in [0.29, 0.717) is 17.1 Å². The number of carbonyl (C=O) groups excluding carboxylic acids is 1. The summed E-state index contributed by atoms with van der Waals surface area (Å²) < 4.78 is 12.7. The van der Waals surface area contributed by atoms with E-state index < -0.39 is 5.97 Å². The highest BCUT2D eigenvalue weighted by molar-refractivity contribution is 5.94. The second-order valence-corrected chi connectivity index (χ2v) is 6.66. The average Bonchev–Trinajstić information content (AvgIpc) is 3.33. The zero-order valence-corrected chi connectivity index (χ0v) is 15.8. The lowest BCUT2D eigenvalue weighted by Crippen LogP contribution is -2.10. The molecule has 8 heteroatoms. The van der Waals surface area contributed by atoms with Gasteiger partial charge in [-0.15, -0.1) is 10.2 Å². The Labute approximate surface area is 161 Å². The number of ether oxygens (including phenoxy) is 1. The van der Waals surface area contributed by atoms with Crippen LogP contribution in [-0.4, -0.2) is 30.9 Å². The summed E-state index contributed by atoms with van der Waals surface area (Å²) in [5.41, 5.74) is 2.52. The maximum atomic E-state index is 12.5. The maximum absolute atomic E-state index is 12.5. The van der Waals surface area contributed by atoms with Gasteiger partial charge in [0.2, 0.25) is 5.89 Å². The van der Waals surface area contributed by atoms with Gasteiger partial charge in [0.1, 0.15) is 0 Å². The number of hydrogen-bond acceptors (Lipinski definition) is 7. The molecule has 3 aromatic heterocycles. The molecule has 1 aromatic carbocycles. The lowest BCUT2D eigenvalue weighted by atomic mass is 10.2. The van der Waals surface area contributed by atoms with Crippen molar-refractivity contribution in [3.05, 3.63) is 59.7 Å². The van der Waals surface area contributed by atoms with E-state index in [4.69, 9.17) is 9.15 Å². The van der Waals surface area contributed by atoms with Crippen LogP contribution in [0.1, 0.15) is 41.8 Å². The number of pyridine rings is 1. The summed E-state index contributed by atoms with van der Waals surface area (Å²) in [5, 5.41) is 13.0. The molecule has 0 bridgehead atoms. The Hall–Kier alpha value is -3.55. The fourth-order valence-corrected chi connectivity index (χ4v) is 2.86. The molecule has 0 spiro atoms. The largest absolute Gasteiger partial charge is 0.452 e. The van der Waals surface area contributed by atoms with E-state index in [1.807, 2.05) is 48.9 Å². The average molecular weight is 377 g/mol. The van der Waals surface area contributed by atoms with E-state index in [-0.39, 0.29) is 18.5 Å². The Morgan fingerprint density at radius 3 is 2.75 bits per heavy atom. The molecule has 0 fully saturated rings. The van der Waals surface area contributed by atoms with Gasteiger partial charge in [-0.3, -0.25) is 0 Å². The monoisotopic (exact) mass is 377 g/mol. The number of rotatable bonds is 5. The van der Waals surface area contributed by atoms with Gasteiger partial charge in [0.25, 0.3) is 5.89 Å². The summed E-state index contributed by atoms with van der Waals surface area (Å²) in [7, 11) is 0. The van der Waals surface area contributed by atoms with E-state index in [1.54, 1.807) is 19.2 Å². The van der Waals surface area contributed by atoms with Gasteiger partial charge >= 0.3 is 5.97 Å². The molecule has 0 aliphatic carbocycles. The minimum atomic E-state index is -0.497. The van der Waals surface area contributed by atoms with Crippen molar-refractivity contribution in [2.45, 2.75) is 33.4 Å². The van der Waals surface area contributed by atoms with E-state index >= 15 is 0 Å². The molecular formula is C20H19N5O3. The Morgan fingerprint density at radius 1 is 1.21 bits per heavy atom. The van der Waals surface area contributed by atoms with Crippen LogP contribution >= 0.6 is 0 Å². The highest BCUT2D eigenvalue weighted by Gasteiger charge is 2.18. The zero-order chi connectivity index (χ0) is 19.7. The van der Waals surface area contributed by atoms with Crippen molar-refractivity contribution in [3.8, 4) is 11.5 Å². The first-order valence-electron chi connectivity index (χ1n) is 8.92. The molecule has 0 unspecified atom stereocenters. The van der Waals surface area contributed by atoms with Crippen LogP contribution in [0.5, 0.6) is 0 Å². The van der Waals surface area contributed by atoms with Crippen molar-refractivity contribution in [3.63, 3.8) is 0 Å². The number of aromatic nitrogens is 5. The van der Waals surface area contributed by atoms with Crippen LogP contribution in [0.2, 0.25) is 0 Å². The van der Waals surface area contributed by atoms with Gasteiger partial charge in [-0.05, 0) is 39.0 Å². The molecule has 0 amide bonds. The van der Waals surface area contributed by atoms with Crippen LogP contribution in [0.15, 0.2) is 47.0 Å². The van der Waals surface area contributed by atoms with Gasteiger partial charge in [0, 0.05) is 17.0 Å². The Balaban J connectivity index is 1.50. The number of nitrogens with zero attached hydrogens (tertiary/aromatic N) is 5.